The first-order valence-corrected chi connectivity index (χ1v) is 10.8. The molecule has 1 saturated heterocycles. The average Bonchev–Trinajstić information content (AvgIpc) is 3.01. The van der Waals surface area contributed by atoms with Gasteiger partial charge in [0.2, 0.25) is 10.0 Å². The molecule has 0 amide bonds. The van der Waals surface area contributed by atoms with Crippen LogP contribution in [-0.4, -0.2) is 24.8 Å². The molecular weight excluding hydrogens is 318 g/mol. The van der Waals surface area contributed by atoms with E-state index in [4.69, 9.17) is 0 Å². The summed E-state index contributed by atoms with van der Waals surface area (Å²) in [6, 6.07) is 4.79. The van der Waals surface area contributed by atoms with Gasteiger partial charge >= 0.3 is 0 Å². The van der Waals surface area contributed by atoms with Crippen molar-refractivity contribution in [3.8, 4) is 0 Å². The fraction of sp³-hybridized carbons (Fsp3) is 0.700. The van der Waals surface area contributed by atoms with Crippen molar-refractivity contribution in [3.63, 3.8) is 0 Å². The van der Waals surface area contributed by atoms with Gasteiger partial charge in [-0.1, -0.05) is 60.1 Å². The highest BCUT2D eigenvalue weighted by atomic mass is 32.2. The summed E-state index contributed by atoms with van der Waals surface area (Å²) in [5.74, 6) is 0.800. The maximum absolute atomic E-state index is 13.5. The minimum Gasteiger partial charge on any atom is -0.207 e. The average molecular weight is 350 g/mol. The van der Waals surface area contributed by atoms with Gasteiger partial charge in [-0.3, -0.25) is 0 Å². The fourth-order valence-electron chi connectivity index (χ4n) is 4.13. The number of nitrogens with zero attached hydrogens (tertiary/aromatic N) is 1. The molecule has 0 N–H and O–H groups in total. The molecule has 0 aromatic heterocycles. The lowest BCUT2D eigenvalue weighted by Crippen LogP contribution is -2.22. The Balaban J connectivity index is 2.18. The number of hydrogen-bond donors (Lipinski definition) is 0. The van der Waals surface area contributed by atoms with Crippen LogP contribution in [-0.2, 0) is 10.0 Å². The Kier molecular flexibility index (Phi) is 4.59. The Morgan fingerprint density at radius 2 is 1.33 bits per heavy atom. The first kappa shape index (κ1) is 17.9. The van der Waals surface area contributed by atoms with Gasteiger partial charge in [0.1, 0.15) is 0 Å². The van der Waals surface area contributed by atoms with Crippen molar-refractivity contribution in [2.75, 3.05) is 0 Å². The molecule has 4 heteroatoms. The molecule has 2 aliphatic rings. The SMILES string of the molecule is CC(C)c1cc(C(C)C)c(S(=O)(=O)N2C3CCCC32)c(C(C)C)c1. The smallest absolute Gasteiger partial charge is 0.207 e. The van der Waals surface area contributed by atoms with Gasteiger partial charge in [-0.2, -0.15) is 4.31 Å². The highest BCUT2D eigenvalue weighted by molar-refractivity contribution is 7.89. The molecular formula is C20H31NO2S. The second kappa shape index (κ2) is 6.14. The van der Waals surface area contributed by atoms with Crippen LogP contribution in [0.1, 0.15) is 95.2 Å². The summed E-state index contributed by atoms with van der Waals surface area (Å²) < 4.78 is 28.7. The van der Waals surface area contributed by atoms with Crippen LogP contribution in [0.25, 0.3) is 0 Å². The van der Waals surface area contributed by atoms with Crippen LogP contribution in [0.5, 0.6) is 0 Å². The molecule has 0 spiro atoms. The van der Waals surface area contributed by atoms with E-state index in [2.05, 4.69) is 53.7 Å². The second-order valence-corrected chi connectivity index (χ2v) is 10.2. The maximum Gasteiger partial charge on any atom is 0.244 e. The first-order chi connectivity index (χ1) is 11.2. The predicted octanol–water partition coefficient (Wildman–Crippen LogP) is 4.98. The van der Waals surface area contributed by atoms with Crippen molar-refractivity contribution in [1.82, 2.24) is 4.31 Å². The van der Waals surface area contributed by atoms with E-state index in [0.29, 0.717) is 10.8 Å². The van der Waals surface area contributed by atoms with Crippen LogP contribution in [0, 0.1) is 0 Å². The van der Waals surface area contributed by atoms with Crippen molar-refractivity contribution in [1.29, 1.82) is 0 Å². The molecule has 134 valence electrons. The quantitative estimate of drug-likeness (QED) is 0.703. The van der Waals surface area contributed by atoms with E-state index in [0.717, 1.165) is 24.0 Å². The summed E-state index contributed by atoms with van der Waals surface area (Å²) >= 11 is 0. The molecule has 1 aliphatic heterocycles. The van der Waals surface area contributed by atoms with E-state index in [1.54, 1.807) is 4.31 Å². The molecule has 1 aromatic carbocycles. The summed E-state index contributed by atoms with van der Waals surface area (Å²) in [7, 11) is -3.39. The molecule has 2 atom stereocenters. The highest BCUT2D eigenvalue weighted by Gasteiger charge is 2.58. The third kappa shape index (κ3) is 2.82. The van der Waals surface area contributed by atoms with Crippen molar-refractivity contribution in [3.05, 3.63) is 28.8 Å². The first-order valence-electron chi connectivity index (χ1n) is 9.37. The number of hydrogen-bond acceptors (Lipinski definition) is 2. The minimum atomic E-state index is -3.39. The normalized spacial score (nSPS) is 26.5. The lowest BCUT2D eigenvalue weighted by molar-refractivity contribution is 0.513. The zero-order valence-electron chi connectivity index (χ0n) is 15.8. The van der Waals surface area contributed by atoms with E-state index in [-0.39, 0.29) is 23.9 Å². The largest absolute Gasteiger partial charge is 0.244 e. The second-order valence-electron chi connectivity index (χ2n) is 8.39. The standard InChI is InChI=1S/C20H31NO2S/c1-12(2)15-10-16(13(3)4)20(17(11-15)14(5)6)24(22,23)21-18-8-7-9-19(18)21/h10-14,18-19H,7-9H2,1-6H3. The van der Waals surface area contributed by atoms with E-state index in [9.17, 15) is 8.42 Å². The molecule has 2 fully saturated rings. The molecule has 1 saturated carbocycles. The zero-order chi connectivity index (χ0) is 17.8. The molecule has 3 nitrogen and oxygen atoms in total. The molecule has 0 radical (unpaired) electrons. The minimum absolute atomic E-state index is 0.200. The monoisotopic (exact) mass is 349 g/mol. The van der Waals surface area contributed by atoms with Crippen molar-refractivity contribution >= 4 is 10.0 Å². The molecule has 1 heterocycles. The van der Waals surface area contributed by atoms with Gasteiger partial charge in [-0.15, -0.1) is 0 Å². The van der Waals surface area contributed by atoms with Gasteiger partial charge < -0.3 is 0 Å². The van der Waals surface area contributed by atoms with Crippen LogP contribution >= 0.6 is 0 Å². The van der Waals surface area contributed by atoms with Crippen molar-refractivity contribution < 1.29 is 8.42 Å². The summed E-state index contributed by atoms with van der Waals surface area (Å²) in [5, 5.41) is 0. The lowest BCUT2D eigenvalue weighted by atomic mass is 9.89. The number of rotatable bonds is 5. The summed E-state index contributed by atoms with van der Waals surface area (Å²) in [6.07, 6.45) is 3.23. The van der Waals surface area contributed by atoms with E-state index in [1.165, 1.54) is 12.0 Å². The molecule has 1 aliphatic carbocycles. The van der Waals surface area contributed by atoms with Crippen molar-refractivity contribution in [2.24, 2.45) is 0 Å². The van der Waals surface area contributed by atoms with E-state index < -0.39 is 10.0 Å². The van der Waals surface area contributed by atoms with Gasteiger partial charge in [0.15, 0.2) is 0 Å². The number of fused-ring (bicyclic) bond motifs is 1. The van der Waals surface area contributed by atoms with Gasteiger partial charge in [-0.25, -0.2) is 8.42 Å². The number of piperidine rings is 1. The summed E-state index contributed by atoms with van der Waals surface area (Å²) in [6.45, 7) is 12.8. The highest BCUT2D eigenvalue weighted by Crippen LogP contribution is 2.48. The van der Waals surface area contributed by atoms with Gasteiger partial charge in [0.05, 0.1) is 4.90 Å². The maximum atomic E-state index is 13.5. The fourth-order valence-corrected chi connectivity index (χ4v) is 6.68. The van der Waals surface area contributed by atoms with Gasteiger partial charge in [0.25, 0.3) is 0 Å². The van der Waals surface area contributed by atoms with Gasteiger partial charge in [-0.05, 0) is 47.3 Å². The number of sulfonamides is 1. The van der Waals surface area contributed by atoms with Crippen LogP contribution < -0.4 is 0 Å². The Morgan fingerprint density at radius 3 is 1.71 bits per heavy atom. The number of benzene rings is 1. The topological polar surface area (TPSA) is 37.1 Å². The molecule has 3 rings (SSSR count). The molecule has 0 bridgehead atoms. The Bertz CT molecular complexity index is 695. The zero-order valence-corrected chi connectivity index (χ0v) is 16.7. The molecule has 24 heavy (non-hydrogen) atoms. The summed E-state index contributed by atoms with van der Waals surface area (Å²) in [4.78, 5) is 0.603. The van der Waals surface area contributed by atoms with E-state index in [1.807, 2.05) is 0 Å². The van der Waals surface area contributed by atoms with Crippen LogP contribution in [0.3, 0.4) is 0 Å². The van der Waals surface area contributed by atoms with Gasteiger partial charge in [0, 0.05) is 12.1 Å². The molecule has 1 aromatic rings. The summed E-state index contributed by atoms with van der Waals surface area (Å²) in [5.41, 5.74) is 3.23. The van der Waals surface area contributed by atoms with Crippen LogP contribution in [0.15, 0.2) is 17.0 Å². The predicted molar refractivity (Wildman–Crippen MR) is 99.2 cm³/mol. The van der Waals surface area contributed by atoms with Crippen LogP contribution in [0.4, 0.5) is 0 Å². The Hall–Kier alpha value is -0.870. The Labute approximate surface area is 147 Å². The van der Waals surface area contributed by atoms with Crippen LogP contribution in [0.2, 0.25) is 0 Å². The third-order valence-corrected chi connectivity index (χ3v) is 7.71. The van der Waals surface area contributed by atoms with Crippen molar-refractivity contribution in [2.45, 2.75) is 95.5 Å². The molecule has 2 unspecified atom stereocenters. The third-order valence-electron chi connectivity index (χ3n) is 5.62. The van der Waals surface area contributed by atoms with E-state index >= 15 is 0 Å². The Morgan fingerprint density at radius 1 is 0.875 bits per heavy atom. The lowest BCUT2D eigenvalue weighted by Gasteiger charge is -2.23.